The molecule has 1 fully saturated rings. The van der Waals surface area contributed by atoms with E-state index in [0.29, 0.717) is 35.7 Å². The Morgan fingerprint density at radius 3 is 2.74 bits per heavy atom. The molecule has 0 spiro atoms. The van der Waals surface area contributed by atoms with E-state index >= 15 is 0 Å². The third kappa shape index (κ3) is 5.60. The minimum atomic E-state index is -4.48. The van der Waals surface area contributed by atoms with Gasteiger partial charge in [0.05, 0.1) is 25.6 Å². The second kappa shape index (κ2) is 10.6. The van der Waals surface area contributed by atoms with Crippen LogP contribution in [-0.4, -0.2) is 44.3 Å². The zero-order valence-corrected chi connectivity index (χ0v) is 20.8. The molecule has 1 saturated heterocycles. The Morgan fingerprint density at radius 2 is 1.97 bits per heavy atom. The van der Waals surface area contributed by atoms with Crippen molar-refractivity contribution >= 4 is 17.0 Å². The summed E-state index contributed by atoms with van der Waals surface area (Å²) in [5.41, 5.74) is 2.01. The van der Waals surface area contributed by atoms with Crippen LogP contribution in [0.25, 0.3) is 11.2 Å². The molecule has 1 aromatic carbocycles. The molecule has 8 nitrogen and oxygen atoms in total. The summed E-state index contributed by atoms with van der Waals surface area (Å²) in [5.74, 6) is 0.326. The van der Waals surface area contributed by atoms with Gasteiger partial charge in [0, 0.05) is 19.3 Å². The third-order valence-corrected chi connectivity index (χ3v) is 6.45. The molecule has 0 saturated carbocycles. The molecule has 5 rings (SSSR count). The SMILES string of the molecule is Cc1nc(C(F)(F)F)ccc1COC[C@@H]1CC[C@H](n2cnc3c(N(C)Cc4cccc(F)c4)ncnc32)O1. The zero-order valence-electron chi connectivity index (χ0n) is 20.8. The predicted octanol–water partition coefficient (Wildman–Crippen LogP) is 5.22. The highest BCUT2D eigenvalue weighted by molar-refractivity contribution is 5.83. The molecule has 1 aliphatic heterocycles. The number of pyridine rings is 1. The van der Waals surface area contributed by atoms with Crippen LogP contribution in [0.1, 0.15) is 41.6 Å². The van der Waals surface area contributed by atoms with Crippen molar-refractivity contribution in [2.75, 3.05) is 18.6 Å². The Bertz CT molecular complexity index is 1430. The number of aromatic nitrogens is 5. The lowest BCUT2D eigenvalue weighted by Crippen LogP contribution is -2.19. The molecule has 4 heterocycles. The number of rotatable bonds is 8. The van der Waals surface area contributed by atoms with Gasteiger partial charge < -0.3 is 14.4 Å². The number of hydrogen-bond acceptors (Lipinski definition) is 7. The summed E-state index contributed by atoms with van der Waals surface area (Å²) in [6, 6.07) is 8.76. The highest BCUT2D eigenvalue weighted by atomic mass is 19.4. The number of aryl methyl sites for hydroxylation is 1. The molecule has 0 amide bonds. The summed E-state index contributed by atoms with van der Waals surface area (Å²) < 4.78 is 65.9. The van der Waals surface area contributed by atoms with Crippen molar-refractivity contribution in [2.24, 2.45) is 0 Å². The minimum Gasteiger partial charge on any atom is -0.374 e. The number of imidazole rings is 1. The van der Waals surface area contributed by atoms with E-state index in [1.165, 1.54) is 31.5 Å². The third-order valence-electron chi connectivity index (χ3n) is 6.45. The quantitative estimate of drug-likeness (QED) is 0.289. The van der Waals surface area contributed by atoms with E-state index in [4.69, 9.17) is 9.47 Å². The van der Waals surface area contributed by atoms with Crippen LogP contribution in [0, 0.1) is 12.7 Å². The summed E-state index contributed by atoms with van der Waals surface area (Å²) in [6.45, 7) is 2.42. The number of benzene rings is 1. The van der Waals surface area contributed by atoms with E-state index in [9.17, 15) is 17.6 Å². The van der Waals surface area contributed by atoms with Crippen molar-refractivity contribution in [1.82, 2.24) is 24.5 Å². The molecule has 2 atom stereocenters. The summed E-state index contributed by atoms with van der Waals surface area (Å²) in [5, 5.41) is 0. The van der Waals surface area contributed by atoms with Crippen LogP contribution in [0.5, 0.6) is 0 Å². The normalized spacial score (nSPS) is 17.8. The van der Waals surface area contributed by atoms with Gasteiger partial charge in [0.2, 0.25) is 0 Å². The predicted molar refractivity (Wildman–Crippen MR) is 131 cm³/mol. The van der Waals surface area contributed by atoms with Gasteiger partial charge in [-0.05, 0) is 49.1 Å². The summed E-state index contributed by atoms with van der Waals surface area (Å²) >= 11 is 0. The second-order valence-electron chi connectivity index (χ2n) is 9.25. The number of fused-ring (bicyclic) bond motifs is 1. The highest BCUT2D eigenvalue weighted by Crippen LogP contribution is 2.33. The number of ether oxygens (including phenoxy) is 2. The standard InChI is InChI=1S/C26H26F4N6O2/c1-16-18(6-8-21(34-16)26(28,29)30)12-37-13-20-7-9-22(38-20)36-15-33-23-24(31-14-32-25(23)36)35(2)11-17-4-3-5-19(27)10-17/h3-6,8,10,14-15,20,22H,7,9,11-13H2,1-2H3/t20-,22+/m0/s1. The van der Waals surface area contributed by atoms with Crippen molar-refractivity contribution in [3.63, 3.8) is 0 Å². The molecule has 38 heavy (non-hydrogen) atoms. The lowest BCUT2D eigenvalue weighted by molar-refractivity contribution is -0.141. The number of anilines is 1. The molecule has 0 N–H and O–H groups in total. The van der Waals surface area contributed by atoms with Crippen molar-refractivity contribution < 1.29 is 27.0 Å². The fraction of sp³-hybridized carbons (Fsp3) is 0.385. The van der Waals surface area contributed by atoms with Crippen LogP contribution >= 0.6 is 0 Å². The van der Waals surface area contributed by atoms with Gasteiger partial charge in [0.1, 0.15) is 24.1 Å². The van der Waals surface area contributed by atoms with E-state index in [-0.39, 0.29) is 30.4 Å². The van der Waals surface area contributed by atoms with Gasteiger partial charge in [-0.25, -0.2) is 24.3 Å². The maximum atomic E-state index is 13.6. The van der Waals surface area contributed by atoms with Crippen molar-refractivity contribution in [3.05, 3.63) is 77.4 Å². The zero-order chi connectivity index (χ0) is 26.9. The number of nitrogens with zero attached hydrogens (tertiary/aromatic N) is 6. The lowest BCUT2D eigenvalue weighted by Gasteiger charge is -2.19. The molecular formula is C26H26F4N6O2. The average molecular weight is 531 g/mol. The number of halogens is 4. The van der Waals surface area contributed by atoms with Gasteiger partial charge in [-0.15, -0.1) is 0 Å². The maximum Gasteiger partial charge on any atom is 0.433 e. The van der Waals surface area contributed by atoms with Gasteiger partial charge in [-0.1, -0.05) is 18.2 Å². The number of hydrogen-bond donors (Lipinski definition) is 0. The molecule has 3 aromatic heterocycles. The molecule has 0 radical (unpaired) electrons. The first-order chi connectivity index (χ1) is 18.2. The van der Waals surface area contributed by atoms with Crippen LogP contribution in [0.3, 0.4) is 0 Å². The van der Waals surface area contributed by atoms with Crippen molar-refractivity contribution in [2.45, 2.75) is 51.4 Å². The Balaban J connectivity index is 1.21. The van der Waals surface area contributed by atoms with E-state index in [1.807, 2.05) is 22.6 Å². The maximum absolute atomic E-state index is 13.6. The summed E-state index contributed by atoms with van der Waals surface area (Å²) in [6.07, 6.45) is -0.351. The van der Waals surface area contributed by atoms with Crippen LogP contribution in [0.15, 0.2) is 49.1 Å². The van der Waals surface area contributed by atoms with Crippen LogP contribution in [0.2, 0.25) is 0 Å². The van der Waals surface area contributed by atoms with Crippen LogP contribution in [0.4, 0.5) is 23.4 Å². The molecule has 12 heteroatoms. The molecule has 4 aromatic rings. The van der Waals surface area contributed by atoms with E-state index in [0.717, 1.165) is 24.5 Å². The van der Waals surface area contributed by atoms with Gasteiger partial charge in [-0.2, -0.15) is 13.2 Å². The molecular weight excluding hydrogens is 504 g/mol. The van der Waals surface area contributed by atoms with Gasteiger partial charge >= 0.3 is 6.18 Å². The molecule has 200 valence electrons. The van der Waals surface area contributed by atoms with Gasteiger partial charge in [0.15, 0.2) is 17.0 Å². The Kier molecular flexibility index (Phi) is 7.26. The molecule has 0 unspecified atom stereocenters. The highest BCUT2D eigenvalue weighted by Gasteiger charge is 2.33. The second-order valence-corrected chi connectivity index (χ2v) is 9.25. The number of alkyl halides is 3. The molecule has 0 bridgehead atoms. The van der Waals surface area contributed by atoms with Crippen molar-refractivity contribution in [3.8, 4) is 0 Å². The monoisotopic (exact) mass is 530 g/mol. The molecule has 1 aliphatic rings. The first-order valence-corrected chi connectivity index (χ1v) is 12.1. The smallest absolute Gasteiger partial charge is 0.374 e. The van der Waals surface area contributed by atoms with Crippen LogP contribution in [-0.2, 0) is 28.8 Å². The summed E-state index contributed by atoms with van der Waals surface area (Å²) in [4.78, 5) is 18.9. The van der Waals surface area contributed by atoms with Crippen LogP contribution < -0.4 is 4.90 Å². The lowest BCUT2D eigenvalue weighted by atomic mass is 10.2. The fourth-order valence-corrected chi connectivity index (χ4v) is 4.53. The molecule has 0 aliphatic carbocycles. The largest absolute Gasteiger partial charge is 0.433 e. The average Bonchev–Trinajstić information content (AvgIpc) is 3.51. The van der Waals surface area contributed by atoms with E-state index in [1.54, 1.807) is 12.4 Å². The first-order valence-electron chi connectivity index (χ1n) is 12.1. The minimum absolute atomic E-state index is 0.143. The Labute approximate surface area is 216 Å². The Morgan fingerprint density at radius 1 is 1.13 bits per heavy atom. The summed E-state index contributed by atoms with van der Waals surface area (Å²) in [7, 11) is 1.86. The topological polar surface area (TPSA) is 78.2 Å². The first kappa shape index (κ1) is 26.0. The Hall–Kier alpha value is -3.64. The van der Waals surface area contributed by atoms with Gasteiger partial charge in [-0.3, -0.25) is 4.57 Å². The van der Waals surface area contributed by atoms with Crippen molar-refractivity contribution in [1.29, 1.82) is 0 Å². The van der Waals surface area contributed by atoms with E-state index < -0.39 is 11.9 Å². The van der Waals surface area contributed by atoms with Gasteiger partial charge in [0.25, 0.3) is 0 Å². The van der Waals surface area contributed by atoms with E-state index in [2.05, 4.69) is 19.9 Å². The fourth-order valence-electron chi connectivity index (χ4n) is 4.53.